The van der Waals surface area contributed by atoms with Gasteiger partial charge >= 0.3 is 0 Å². The average Bonchev–Trinajstić information content (AvgIpc) is 3.44. The number of nitrogens with zero attached hydrogens (tertiary/aromatic N) is 4. The molecule has 322 valence electrons. The lowest BCUT2D eigenvalue weighted by Gasteiger charge is -2.46. The zero-order valence-electron chi connectivity index (χ0n) is 37.7. The average molecular weight is 879 g/mol. The Bertz CT molecular complexity index is 3540. The zero-order valence-corrected chi connectivity index (χ0v) is 37.7. The second kappa shape index (κ2) is 17.0. The summed E-state index contributed by atoms with van der Waals surface area (Å²) in [5, 5.41) is 0. The summed E-state index contributed by atoms with van der Waals surface area (Å²) in [7, 11) is 0. The lowest BCUT2D eigenvalue weighted by Crippen LogP contribution is -2.61. The van der Waals surface area contributed by atoms with E-state index in [1.165, 1.54) is 38.6 Å². The van der Waals surface area contributed by atoms with Crippen molar-refractivity contribution in [3.63, 3.8) is 0 Å². The first-order chi connectivity index (χ1) is 34.2. The molecule has 0 saturated heterocycles. The number of rotatable bonds is 8. The summed E-state index contributed by atoms with van der Waals surface area (Å²) in [4.78, 5) is 16.2. The molecule has 0 N–H and O–H groups in total. The molecule has 0 bridgehead atoms. The minimum absolute atomic E-state index is 0.194. The van der Waals surface area contributed by atoms with Gasteiger partial charge in [-0.25, -0.2) is 9.97 Å². The number of hydrogen-bond donors (Lipinski definition) is 0. The molecule has 69 heavy (non-hydrogen) atoms. The maximum absolute atomic E-state index is 5.60. The zero-order chi connectivity index (χ0) is 45.7. The molecule has 5 heteroatoms. The highest BCUT2D eigenvalue weighted by atomic mass is 15.2. The van der Waals surface area contributed by atoms with E-state index in [1.807, 2.05) is 0 Å². The molecule has 0 aliphatic carbocycles. The molecule has 10 aromatic carbocycles. The maximum Gasteiger partial charge on any atom is 0.252 e. The first kappa shape index (κ1) is 40.2. The predicted octanol–water partition coefficient (Wildman–Crippen LogP) is 14.6. The second-order valence-corrected chi connectivity index (χ2v) is 17.7. The molecule has 1 aromatic heterocycles. The van der Waals surface area contributed by atoms with E-state index in [2.05, 4.69) is 271 Å². The van der Waals surface area contributed by atoms with Gasteiger partial charge in [-0.3, -0.25) is 0 Å². The van der Waals surface area contributed by atoms with Crippen LogP contribution in [0.3, 0.4) is 0 Å². The fraction of sp³-hybridized carbons (Fsp3) is 0. The standard InChI is InChI=1S/C64H43BN4/c1-8-22-44(23-9-1)49-36-38-59-55(40-49)65-56-41-50(45-24-10-2-11-25-45)37-39-60(56)69(52-34-20-7-21-35-52)63-54(64-66-57(47-28-14-4-15-29-47)43-58(67-64)48-30-16-5-17-31-48)42-53(46-26-12-3-13-27-46)62(61(63)65)68(59)51-32-18-6-19-33-51/h1-43H. The number of benzene rings is 10. The monoisotopic (exact) mass is 878 g/mol. The molecule has 13 rings (SSSR count). The molecule has 0 atom stereocenters. The van der Waals surface area contributed by atoms with Gasteiger partial charge in [0.15, 0.2) is 5.82 Å². The topological polar surface area (TPSA) is 32.3 Å². The number of anilines is 6. The van der Waals surface area contributed by atoms with Crippen molar-refractivity contribution < 1.29 is 0 Å². The third-order valence-electron chi connectivity index (χ3n) is 13.6. The molecule has 0 amide bonds. The van der Waals surface area contributed by atoms with Gasteiger partial charge in [-0.05, 0) is 92.7 Å². The molecule has 3 heterocycles. The normalized spacial score (nSPS) is 12.3. The summed E-state index contributed by atoms with van der Waals surface area (Å²) < 4.78 is 0. The highest BCUT2D eigenvalue weighted by molar-refractivity contribution is 7.00. The Morgan fingerprint density at radius 2 is 0.652 bits per heavy atom. The molecule has 0 fully saturated rings. The van der Waals surface area contributed by atoms with Crippen LogP contribution in [0.1, 0.15) is 0 Å². The summed E-state index contributed by atoms with van der Waals surface area (Å²) in [6.07, 6.45) is 0. The van der Waals surface area contributed by atoms with Crippen molar-refractivity contribution in [1.82, 2.24) is 9.97 Å². The summed E-state index contributed by atoms with van der Waals surface area (Å²) in [5.41, 5.74) is 21.9. The van der Waals surface area contributed by atoms with Gasteiger partial charge in [0.25, 0.3) is 6.71 Å². The Morgan fingerprint density at radius 1 is 0.290 bits per heavy atom. The van der Waals surface area contributed by atoms with Crippen LogP contribution in [-0.4, -0.2) is 16.7 Å². The summed E-state index contributed by atoms with van der Waals surface area (Å²) in [6, 6.07) is 93.8. The lowest BCUT2D eigenvalue weighted by atomic mass is 9.33. The Morgan fingerprint density at radius 3 is 1.07 bits per heavy atom. The van der Waals surface area contributed by atoms with Crippen LogP contribution in [-0.2, 0) is 0 Å². The molecule has 4 nitrogen and oxygen atoms in total. The van der Waals surface area contributed by atoms with E-state index in [-0.39, 0.29) is 6.71 Å². The highest BCUT2D eigenvalue weighted by Crippen LogP contribution is 2.52. The van der Waals surface area contributed by atoms with Crippen LogP contribution in [0.4, 0.5) is 34.1 Å². The van der Waals surface area contributed by atoms with Crippen LogP contribution in [0.15, 0.2) is 261 Å². The number of hydrogen-bond acceptors (Lipinski definition) is 4. The maximum atomic E-state index is 5.60. The van der Waals surface area contributed by atoms with Gasteiger partial charge in [-0.1, -0.05) is 212 Å². The molecule has 0 spiro atoms. The van der Waals surface area contributed by atoms with E-state index < -0.39 is 0 Å². The van der Waals surface area contributed by atoms with Gasteiger partial charge in [0, 0.05) is 45.0 Å². The van der Waals surface area contributed by atoms with Crippen molar-refractivity contribution in [2.75, 3.05) is 9.80 Å². The largest absolute Gasteiger partial charge is 0.311 e. The minimum atomic E-state index is -0.194. The molecule has 0 radical (unpaired) electrons. The highest BCUT2D eigenvalue weighted by Gasteiger charge is 2.46. The molecule has 0 saturated carbocycles. The predicted molar refractivity (Wildman–Crippen MR) is 289 cm³/mol. The molecule has 0 unspecified atom stereocenters. The molecular formula is C64H43BN4. The van der Waals surface area contributed by atoms with E-state index in [1.54, 1.807) is 0 Å². The van der Waals surface area contributed by atoms with Gasteiger partial charge in [-0.15, -0.1) is 0 Å². The van der Waals surface area contributed by atoms with Gasteiger partial charge in [0.1, 0.15) is 0 Å². The van der Waals surface area contributed by atoms with Crippen LogP contribution < -0.4 is 26.2 Å². The van der Waals surface area contributed by atoms with Crippen molar-refractivity contribution in [3.8, 4) is 67.3 Å². The summed E-state index contributed by atoms with van der Waals surface area (Å²) in [6.45, 7) is -0.194. The molecule has 2 aliphatic rings. The summed E-state index contributed by atoms with van der Waals surface area (Å²) in [5.74, 6) is 0.657. The third kappa shape index (κ3) is 7.03. The van der Waals surface area contributed by atoms with Crippen molar-refractivity contribution in [1.29, 1.82) is 0 Å². The Labute approximate surface area is 403 Å². The van der Waals surface area contributed by atoms with E-state index in [0.29, 0.717) is 5.82 Å². The first-order valence-electron chi connectivity index (χ1n) is 23.6. The van der Waals surface area contributed by atoms with Crippen LogP contribution >= 0.6 is 0 Å². The Balaban J connectivity index is 1.22. The van der Waals surface area contributed by atoms with E-state index in [0.717, 1.165) is 73.3 Å². The van der Waals surface area contributed by atoms with Crippen LogP contribution in [0.2, 0.25) is 0 Å². The van der Waals surface area contributed by atoms with Crippen LogP contribution in [0.5, 0.6) is 0 Å². The Kier molecular flexibility index (Phi) is 9.91. The van der Waals surface area contributed by atoms with Crippen LogP contribution in [0, 0.1) is 0 Å². The fourth-order valence-corrected chi connectivity index (χ4v) is 10.5. The van der Waals surface area contributed by atoms with Crippen LogP contribution in [0.25, 0.3) is 67.3 Å². The molecular weight excluding hydrogens is 836 g/mol. The number of fused-ring (bicyclic) bond motifs is 4. The quantitative estimate of drug-likeness (QED) is 0.142. The summed E-state index contributed by atoms with van der Waals surface area (Å²) >= 11 is 0. The first-order valence-corrected chi connectivity index (χ1v) is 23.6. The van der Waals surface area contributed by atoms with E-state index in [4.69, 9.17) is 9.97 Å². The fourth-order valence-electron chi connectivity index (χ4n) is 10.5. The van der Waals surface area contributed by atoms with Gasteiger partial charge in [0.2, 0.25) is 0 Å². The second-order valence-electron chi connectivity index (χ2n) is 17.7. The SMILES string of the molecule is c1ccc(-c2ccc3c(c2)B2c4cc(-c5ccccc5)ccc4N(c4ccccc4)c4c(-c5nc(-c6ccccc6)cc(-c6ccccc6)n5)cc(-c5ccccc5)c(c42)N3c2ccccc2)cc1. The van der Waals surface area contributed by atoms with Crippen molar-refractivity contribution in [2.45, 2.75) is 0 Å². The van der Waals surface area contributed by atoms with Crippen molar-refractivity contribution in [2.24, 2.45) is 0 Å². The van der Waals surface area contributed by atoms with E-state index in [9.17, 15) is 0 Å². The van der Waals surface area contributed by atoms with E-state index >= 15 is 0 Å². The third-order valence-corrected chi connectivity index (χ3v) is 13.6. The van der Waals surface area contributed by atoms with Gasteiger partial charge < -0.3 is 9.80 Å². The van der Waals surface area contributed by atoms with Gasteiger partial charge in [0.05, 0.1) is 22.8 Å². The van der Waals surface area contributed by atoms with Gasteiger partial charge in [-0.2, -0.15) is 0 Å². The Hall–Kier alpha value is -9.06. The number of para-hydroxylation sites is 2. The number of aromatic nitrogens is 2. The van der Waals surface area contributed by atoms with Crippen molar-refractivity contribution >= 4 is 57.2 Å². The molecule has 11 aromatic rings. The smallest absolute Gasteiger partial charge is 0.252 e. The lowest BCUT2D eigenvalue weighted by molar-refractivity contribution is 1.17. The van der Waals surface area contributed by atoms with Crippen molar-refractivity contribution in [3.05, 3.63) is 261 Å². The molecule has 2 aliphatic heterocycles. The minimum Gasteiger partial charge on any atom is -0.311 e.